The van der Waals surface area contributed by atoms with Gasteiger partial charge in [0, 0.05) is 24.5 Å². The molecule has 6 heteroatoms. The minimum absolute atomic E-state index is 0.693. The van der Waals surface area contributed by atoms with E-state index in [2.05, 4.69) is 24.6 Å². The Hall–Kier alpha value is -1.53. The standard InChI is InChI=1S/C14H19N5S/c20-14-17-16-13(12-4-6-15-7-5-12)19(14)11-3-10-18-8-1-2-9-18/h4-7H,1-3,8-11H2,(H,17,20). The number of nitrogens with zero attached hydrogens (tertiary/aromatic N) is 4. The summed E-state index contributed by atoms with van der Waals surface area (Å²) in [4.78, 5) is 6.57. The number of hydrogen-bond acceptors (Lipinski definition) is 4. The third-order valence-corrected chi connectivity index (χ3v) is 4.06. The molecule has 3 heterocycles. The molecule has 1 saturated heterocycles. The van der Waals surface area contributed by atoms with Gasteiger partial charge in [0.2, 0.25) is 0 Å². The number of pyridine rings is 1. The van der Waals surface area contributed by atoms with E-state index in [9.17, 15) is 0 Å². The summed E-state index contributed by atoms with van der Waals surface area (Å²) in [6, 6.07) is 3.92. The van der Waals surface area contributed by atoms with Gasteiger partial charge in [-0.25, -0.2) is 0 Å². The summed E-state index contributed by atoms with van der Waals surface area (Å²) in [6.07, 6.45) is 7.34. The second-order valence-corrected chi connectivity index (χ2v) is 5.53. The Bertz CT molecular complexity index is 598. The van der Waals surface area contributed by atoms with Crippen LogP contribution >= 0.6 is 12.2 Å². The van der Waals surface area contributed by atoms with E-state index in [1.54, 1.807) is 12.4 Å². The van der Waals surface area contributed by atoms with Crippen LogP contribution in [0.15, 0.2) is 24.5 Å². The molecule has 0 radical (unpaired) electrons. The Morgan fingerprint density at radius 2 is 1.90 bits per heavy atom. The Kier molecular flexibility index (Phi) is 4.22. The van der Waals surface area contributed by atoms with Gasteiger partial charge in [0.1, 0.15) is 0 Å². The lowest BCUT2D eigenvalue weighted by molar-refractivity contribution is 0.325. The fourth-order valence-electron chi connectivity index (χ4n) is 2.71. The van der Waals surface area contributed by atoms with Gasteiger partial charge in [-0.15, -0.1) is 0 Å². The van der Waals surface area contributed by atoms with Crippen molar-refractivity contribution in [3.8, 4) is 11.4 Å². The average molecular weight is 289 g/mol. The van der Waals surface area contributed by atoms with Crippen molar-refractivity contribution >= 4 is 12.2 Å². The zero-order chi connectivity index (χ0) is 13.8. The van der Waals surface area contributed by atoms with Crippen LogP contribution in [-0.4, -0.2) is 44.3 Å². The molecule has 5 nitrogen and oxygen atoms in total. The van der Waals surface area contributed by atoms with E-state index in [0.717, 1.165) is 30.9 Å². The number of likely N-dealkylation sites (tertiary alicyclic amines) is 1. The van der Waals surface area contributed by atoms with E-state index in [1.807, 2.05) is 12.1 Å². The van der Waals surface area contributed by atoms with Crippen molar-refractivity contribution in [3.63, 3.8) is 0 Å². The second kappa shape index (κ2) is 6.28. The summed E-state index contributed by atoms with van der Waals surface area (Å²) in [5, 5.41) is 7.24. The molecule has 0 atom stereocenters. The van der Waals surface area contributed by atoms with E-state index in [1.165, 1.54) is 25.9 Å². The van der Waals surface area contributed by atoms with Crippen LogP contribution in [-0.2, 0) is 6.54 Å². The Labute approximate surface area is 123 Å². The molecule has 0 aliphatic carbocycles. The predicted octanol–water partition coefficient (Wildman–Crippen LogP) is 2.49. The monoisotopic (exact) mass is 289 g/mol. The van der Waals surface area contributed by atoms with Gasteiger partial charge in [-0.3, -0.25) is 10.1 Å². The third kappa shape index (κ3) is 2.96. The van der Waals surface area contributed by atoms with Crippen LogP contribution in [0, 0.1) is 4.77 Å². The Morgan fingerprint density at radius 3 is 2.65 bits per heavy atom. The van der Waals surface area contributed by atoms with Crippen molar-refractivity contribution in [2.24, 2.45) is 0 Å². The smallest absolute Gasteiger partial charge is 0.195 e. The van der Waals surface area contributed by atoms with Gasteiger partial charge in [0.05, 0.1) is 0 Å². The lowest BCUT2D eigenvalue weighted by Crippen LogP contribution is -2.21. The van der Waals surface area contributed by atoms with Crippen molar-refractivity contribution in [2.45, 2.75) is 25.8 Å². The number of H-pyrrole nitrogens is 1. The molecule has 0 saturated carbocycles. The van der Waals surface area contributed by atoms with Crippen LogP contribution in [0.5, 0.6) is 0 Å². The Balaban J connectivity index is 1.69. The predicted molar refractivity (Wildman–Crippen MR) is 80.9 cm³/mol. The fraction of sp³-hybridized carbons (Fsp3) is 0.500. The highest BCUT2D eigenvalue weighted by Gasteiger charge is 2.12. The average Bonchev–Trinajstić information content (AvgIpc) is 3.11. The third-order valence-electron chi connectivity index (χ3n) is 3.75. The highest BCUT2D eigenvalue weighted by Crippen LogP contribution is 2.16. The van der Waals surface area contributed by atoms with Gasteiger partial charge in [-0.1, -0.05) is 0 Å². The molecule has 20 heavy (non-hydrogen) atoms. The maximum absolute atomic E-state index is 5.34. The normalized spacial score (nSPS) is 15.8. The molecule has 1 aliphatic rings. The summed E-state index contributed by atoms with van der Waals surface area (Å²) >= 11 is 5.34. The fourth-order valence-corrected chi connectivity index (χ4v) is 2.93. The van der Waals surface area contributed by atoms with Gasteiger partial charge in [-0.05, 0) is 63.2 Å². The van der Waals surface area contributed by atoms with Crippen molar-refractivity contribution < 1.29 is 0 Å². The summed E-state index contributed by atoms with van der Waals surface area (Å²) in [6.45, 7) is 4.54. The number of hydrogen-bond donors (Lipinski definition) is 1. The lowest BCUT2D eigenvalue weighted by atomic mass is 10.2. The molecular weight excluding hydrogens is 270 g/mol. The van der Waals surface area contributed by atoms with Crippen molar-refractivity contribution in [1.82, 2.24) is 24.6 Å². The quantitative estimate of drug-likeness (QED) is 0.859. The molecule has 1 fully saturated rings. The van der Waals surface area contributed by atoms with E-state index < -0.39 is 0 Å². The van der Waals surface area contributed by atoms with Gasteiger partial charge in [0.25, 0.3) is 0 Å². The molecule has 0 aromatic carbocycles. The van der Waals surface area contributed by atoms with E-state index in [0.29, 0.717) is 4.77 Å². The molecule has 0 spiro atoms. The molecular formula is C14H19N5S. The lowest BCUT2D eigenvalue weighted by Gasteiger charge is -2.14. The second-order valence-electron chi connectivity index (χ2n) is 5.14. The van der Waals surface area contributed by atoms with Crippen molar-refractivity contribution in [3.05, 3.63) is 29.3 Å². The zero-order valence-electron chi connectivity index (χ0n) is 11.5. The molecule has 106 valence electrons. The molecule has 1 N–H and O–H groups in total. The first-order chi connectivity index (χ1) is 9.84. The van der Waals surface area contributed by atoms with Crippen LogP contribution in [0.2, 0.25) is 0 Å². The number of rotatable bonds is 5. The molecule has 0 amide bonds. The van der Waals surface area contributed by atoms with Crippen LogP contribution < -0.4 is 0 Å². The van der Waals surface area contributed by atoms with Crippen LogP contribution in [0.1, 0.15) is 19.3 Å². The SMILES string of the molecule is S=c1[nH]nc(-c2ccncc2)n1CCCN1CCCC1. The number of nitrogens with one attached hydrogen (secondary N) is 1. The van der Waals surface area contributed by atoms with Gasteiger partial charge in [0.15, 0.2) is 10.6 Å². The maximum Gasteiger partial charge on any atom is 0.195 e. The van der Waals surface area contributed by atoms with Crippen molar-refractivity contribution in [1.29, 1.82) is 0 Å². The maximum atomic E-state index is 5.34. The zero-order valence-corrected chi connectivity index (χ0v) is 12.3. The first-order valence-corrected chi connectivity index (χ1v) is 7.53. The summed E-state index contributed by atoms with van der Waals surface area (Å²) in [5.74, 6) is 0.902. The highest BCUT2D eigenvalue weighted by molar-refractivity contribution is 7.71. The largest absolute Gasteiger partial charge is 0.303 e. The molecule has 1 aliphatic heterocycles. The number of aromatic nitrogens is 4. The van der Waals surface area contributed by atoms with Gasteiger partial charge < -0.3 is 9.47 Å². The molecule has 0 bridgehead atoms. The molecule has 2 aromatic rings. The molecule has 3 rings (SSSR count). The molecule has 2 aromatic heterocycles. The first kappa shape index (κ1) is 13.5. The van der Waals surface area contributed by atoms with Crippen LogP contribution in [0.25, 0.3) is 11.4 Å². The Morgan fingerprint density at radius 1 is 1.15 bits per heavy atom. The van der Waals surface area contributed by atoms with Gasteiger partial charge >= 0.3 is 0 Å². The minimum Gasteiger partial charge on any atom is -0.303 e. The summed E-state index contributed by atoms with van der Waals surface area (Å²) in [5.41, 5.74) is 1.05. The minimum atomic E-state index is 0.693. The first-order valence-electron chi connectivity index (χ1n) is 7.12. The van der Waals surface area contributed by atoms with E-state index in [4.69, 9.17) is 12.2 Å². The van der Waals surface area contributed by atoms with Gasteiger partial charge in [-0.2, -0.15) is 5.10 Å². The summed E-state index contributed by atoms with van der Waals surface area (Å²) < 4.78 is 2.78. The summed E-state index contributed by atoms with van der Waals surface area (Å²) in [7, 11) is 0. The van der Waals surface area contributed by atoms with E-state index >= 15 is 0 Å². The molecule has 0 unspecified atom stereocenters. The van der Waals surface area contributed by atoms with Crippen LogP contribution in [0.4, 0.5) is 0 Å². The highest BCUT2D eigenvalue weighted by atomic mass is 32.1. The van der Waals surface area contributed by atoms with Crippen LogP contribution in [0.3, 0.4) is 0 Å². The van der Waals surface area contributed by atoms with E-state index in [-0.39, 0.29) is 0 Å². The van der Waals surface area contributed by atoms with Crippen molar-refractivity contribution in [2.75, 3.05) is 19.6 Å². The topological polar surface area (TPSA) is 49.7 Å². The number of aromatic amines is 1.